The molecule has 1 fully saturated rings. The number of carbonyl (C=O) groups is 1. The third-order valence-electron chi connectivity index (χ3n) is 4.97. The van der Waals surface area contributed by atoms with Crippen LogP contribution in [0.3, 0.4) is 0 Å². The van der Waals surface area contributed by atoms with E-state index in [4.69, 9.17) is 4.74 Å². The number of ether oxygens (including phenoxy) is 1. The molecular weight excluding hydrogens is 336 g/mol. The number of nitrogens with one attached hydrogen (secondary N) is 1. The zero-order valence-electron chi connectivity index (χ0n) is 14.5. The van der Waals surface area contributed by atoms with Gasteiger partial charge in [-0.3, -0.25) is 9.78 Å². The van der Waals surface area contributed by atoms with Crippen molar-refractivity contribution in [1.82, 2.24) is 10.3 Å². The quantitative estimate of drug-likeness (QED) is 0.624. The van der Waals surface area contributed by atoms with Crippen LogP contribution in [0.15, 0.2) is 43.1 Å². The predicted molar refractivity (Wildman–Crippen MR) is 104 cm³/mol. The molecule has 0 bridgehead atoms. The average Bonchev–Trinajstić information content (AvgIpc) is 2.65. The van der Waals surface area contributed by atoms with Crippen molar-refractivity contribution in [3.8, 4) is 5.75 Å². The summed E-state index contributed by atoms with van der Waals surface area (Å²) in [5, 5.41) is 4.26. The molecule has 1 unspecified atom stereocenters. The number of rotatable bonds is 6. The minimum atomic E-state index is 0. The number of methoxy groups -OCH3 is 1. The molecule has 134 valence electrons. The van der Waals surface area contributed by atoms with Crippen LogP contribution in [0.5, 0.6) is 5.75 Å². The maximum atomic E-state index is 12.8. The molecule has 2 heterocycles. The zero-order chi connectivity index (χ0) is 16.9. The van der Waals surface area contributed by atoms with Crippen LogP contribution < -0.4 is 10.1 Å². The highest BCUT2D eigenvalue weighted by Gasteiger charge is 2.23. The molecule has 3 rings (SSSR count). The first-order valence-corrected chi connectivity index (χ1v) is 8.52. The Morgan fingerprint density at radius 1 is 1.44 bits per heavy atom. The maximum Gasteiger partial charge on any atom is 0.163 e. The van der Waals surface area contributed by atoms with Gasteiger partial charge >= 0.3 is 0 Å². The van der Waals surface area contributed by atoms with Crippen LogP contribution in [0.2, 0.25) is 0 Å². The molecule has 2 atom stereocenters. The molecule has 0 saturated carbocycles. The van der Waals surface area contributed by atoms with Crippen LogP contribution in [-0.4, -0.2) is 31.0 Å². The van der Waals surface area contributed by atoms with Gasteiger partial charge in [0.25, 0.3) is 0 Å². The summed E-state index contributed by atoms with van der Waals surface area (Å²) in [5.41, 5.74) is 1.57. The number of fused-ring (bicyclic) bond motifs is 1. The second-order valence-corrected chi connectivity index (χ2v) is 6.36. The minimum absolute atomic E-state index is 0. The second-order valence-electron chi connectivity index (χ2n) is 6.36. The number of Topliss-reactive ketones (excluding diaryl/α,β-unsaturated/α-hetero) is 1. The zero-order valence-corrected chi connectivity index (χ0v) is 15.3. The number of carbonyl (C=O) groups excluding carboxylic acids is 1. The van der Waals surface area contributed by atoms with Crippen LogP contribution in [0.25, 0.3) is 10.9 Å². The van der Waals surface area contributed by atoms with Crippen molar-refractivity contribution in [3.63, 3.8) is 0 Å². The molecule has 4 nitrogen and oxygen atoms in total. The first-order valence-electron chi connectivity index (χ1n) is 8.52. The number of benzene rings is 1. The van der Waals surface area contributed by atoms with E-state index in [1.807, 2.05) is 30.3 Å². The van der Waals surface area contributed by atoms with Gasteiger partial charge < -0.3 is 10.1 Å². The second kappa shape index (κ2) is 8.97. The Labute approximate surface area is 155 Å². The molecule has 1 aromatic carbocycles. The van der Waals surface area contributed by atoms with E-state index in [1.165, 1.54) is 0 Å². The van der Waals surface area contributed by atoms with Gasteiger partial charge in [0.15, 0.2) is 5.78 Å². The standard InChI is InChI=1S/C20H24N2O2.ClH/c1-3-14-13-21-10-8-15(14)4-7-20(23)17-9-11-22-19-6-5-16(24-2)12-18(17)19;/h3,5-6,9,11-12,14-15,21H,1,4,7-8,10,13H2,2H3;1H/t14-,15?;/m1./s1. The van der Waals surface area contributed by atoms with Gasteiger partial charge in [0.2, 0.25) is 0 Å². The molecule has 1 aromatic heterocycles. The van der Waals surface area contributed by atoms with Crippen LogP contribution in [-0.2, 0) is 0 Å². The van der Waals surface area contributed by atoms with Crippen molar-refractivity contribution in [2.45, 2.75) is 19.3 Å². The molecule has 0 spiro atoms. The van der Waals surface area contributed by atoms with E-state index < -0.39 is 0 Å². The van der Waals surface area contributed by atoms with E-state index in [-0.39, 0.29) is 18.2 Å². The third-order valence-corrected chi connectivity index (χ3v) is 4.97. The molecule has 0 amide bonds. The summed E-state index contributed by atoms with van der Waals surface area (Å²) in [6, 6.07) is 7.48. The first-order chi connectivity index (χ1) is 11.7. The number of nitrogens with zero attached hydrogens (tertiary/aromatic N) is 1. The van der Waals surface area contributed by atoms with Crippen LogP contribution in [0.4, 0.5) is 0 Å². The van der Waals surface area contributed by atoms with E-state index in [9.17, 15) is 4.79 Å². The van der Waals surface area contributed by atoms with Gasteiger partial charge in [-0.05, 0) is 55.5 Å². The number of piperidine rings is 1. The molecule has 1 aliphatic heterocycles. The lowest BCUT2D eigenvalue weighted by atomic mass is 9.82. The molecule has 25 heavy (non-hydrogen) atoms. The fraction of sp³-hybridized carbons (Fsp3) is 0.400. The minimum Gasteiger partial charge on any atom is -0.497 e. The smallest absolute Gasteiger partial charge is 0.163 e. The lowest BCUT2D eigenvalue weighted by molar-refractivity contribution is 0.0968. The fourth-order valence-corrected chi connectivity index (χ4v) is 3.52. The van der Waals surface area contributed by atoms with Gasteiger partial charge in [-0.15, -0.1) is 19.0 Å². The number of ketones is 1. The molecule has 1 N–H and O–H groups in total. The molecule has 2 aromatic rings. The number of halogens is 1. The first kappa shape index (κ1) is 19.4. The van der Waals surface area contributed by atoms with Crippen LogP contribution in [0, 0.1) is 11.8 Å². The largest absolute Gasteiger partial charge is 0.497 e. The third kappa shape index (κ3) is 4.39. The number of hydrogen-bond donors (Lipinski definition) is 1. The number of hydrogen-bond acceptors (Lipinski definition) is 4. The number of aromatic nitrogens is 1. The van der Waals surface area contributed by atoms with E-state index in [0.717, 1.165) is 48.1 Å². The summed E-state index contributed by atoms with van der Waals surface area (Å²) in [4.78, 5) is 17.1. The van der Waals surface area contributed by atoms with Crippen molar-refractivity contribution < 1.29 is 9.53 Å². The van der Waals surface area contributed by atoms with E-state index in [0.29, 0.717) is 18.3 Å². The van der Waals surface area contributed by atoms with Crippen molar-refractivity contribution in [3.05, 3.63) is 48.7 Å². The lowest BCUT2D eigenvalue weighted by Crippen LogP contribution is -2.35. The Morgan fingerprint density at radius 3 is 3.04 bits per heavy atom. The Morgan fingerprint density at radius 2 is 2.28 bits per heavy atom. The maximum absolute atomic E-state index is 12.8. The monoisotopic (exact) mass is 360 g/mol. The lowest BCUT2D eigenvalue weighted by Gasteiger charge is -2.29. The summed E-state index contributed by atoms with van der Waals surface area (Å²) in [5.74, 6) is 1.92. The van der Waals surface area contributed by atoms with E-state index in [2.05, 4.69) is 16.9 Å². The van der Waals surface area contributed by atoms with Crippen molar-refractivity contribution in [2.24, 2.45) is 11.8 Å². The molecule has 0 radical (unpaired) electrons. The molecule has 1 saturated heterocycles. The van der Waals surface area contributed by atoms with Gasteiger partial charge in [0.1, 0.15) is 5.75 Å². The van der Waals surface area contributed by atoms with Crippen LogP contribution >= 0.6 is 12.4 Å². The van der Waals surface area contributed by atoms with Crippen molar-refractivity contribution >= 4 is 29.1 Å². The van der Waals surface area contributed by atoms with Crippen molar-refractivity contribution in [2.75, 3.05) is 20.2 Å². The van der Waals surface area contributed by atoms with Gasteiger partial charge in [0.05, 0.1) is 12.6 Å². The van der Waals surface area contributed by atoms with Gasteiger partial charge in [0, 0.05) is 30.1 Å². The summed E-state index contributed by atoms with van der Waals surface area (Å²) in [6.45, 7) is 5.93. The normalized spacial score (nSPS) is 19.9. The highest BCUT2D eigenvalue weighted by Crippen LogP contribution is 2.28. The van der Waals surface area contributed by atoms with Gasteiger partial charge in [-0.2, -0.15) is 0 Å². The predicted octanol–water partition coefficient (Wildman–Crippen LogP) is 4.04. The van der Waals surface area contributed by atoms with Crippen molar-refractivity contribution in [1.29, 1.82) is 0 Å². The highest BCUT2D eigenvalue weighted by molar-refractivity contribution is 6.07. The Bertz CT molecular complexity index is 748. The molecule has 0 aliphatic carbocycles. The van der Waals surface area contributed by atoms with E-state index in [1.54, 1.807) is 13.3 Å². The van der Waals surface area contributed by atoms with E-state index >= 15 is 0 Å². The van der Waals surface area contributed by atoms with Gasteiger partial charge in [-0.25, -0.2) is 0 Å². The Kier molecular flexibility index (Phi) is 6.97. The summed E-state index contributed by atoms with van der Waals surface area (Å²) < 4.78 is 5.28. The Hall–Kier alpha value is -1.91. The highest BCUT2D eigenvalue weighted by atomic mass is 35.5. The van der Waals surface area contributed by atoms with Crippen LogP contribution in [0.1, 0.15) is 29.6 Å². The SMILES string of the molecule is C=C[C@@H]1CNCCC1CCC(=O)c1ccnc2ccc(OC)cc12.Cl. The molecule has 5 heteroatoms. The molecular formula is C20H25ClN2O2. The molecule has 1 aliphatic rings. The van der Waals surface area contributed by atoms with Gasteiger partial charge in [-0.1, -0.05) is 6.08 Å². The summed E-state index contributed by atoms with van der Waals surface area (Å²) in [6.07, 6.45) is 6.30. The fourth-order valence-electron chi connectivity index (χ4n) is 3.52. The Balaban J connectivity index is 0.00000225. The topological polar surface area (TPSA) is 51.2 Å². The summed E-state index contributed by atoms with van der Waals surface area (Å²) >= 11 is 0. The summed E-state index contributed by atoms with van der Waals surface area (Å²) in [7, 11) is 1.63. The number of pyridine rings is 1. The average molecular weight is 361 g/mol.